The molecule has 22 heavy (non-hydrogen) atoms. The first-order chi connectivity index (χ1) is 10.7. The molecule has 0 fully saturated rings. The van der Waals surface area contributed by atoms with E-state index in [9.17, 15) is 4.79 Å². The quantitative estimate of drug-likeness (QED) is 0.890. The highest BCUT2D eigenvalue weighted by atomic mass is 16.5. The Hall–Kier alpha value is -2.69. The van der Waals surface area contributed by atoms with Gasteiger partial charge < -0.3 is 20.1 Å². The summed E-state index contributed by atoms with van der Waals surface area (Å²) in [6.45, 7) is 2.47. The second-order valence-electron chi connectivity index (χ2n) is 4.77. The van der Waals surface area contributed by atoms with Crippen LogP contribution in [-0.4, -0.2) is 20.3 Å². The minimum absolute atomic E-state index is 0.314. The van der Waals surface area contributed by atoms with Crippen molar-refractivity contribution >= 4 is 11.7 Å². The molecular formula is C17H20N2O3. The Morgan fingerprint density at radius 2 is 1.64 bits per heavy atom. The molecule has 2 N–H and O–H groups in total. The lowest BCUT2D eigenvalue weighted by Gasteiger charge is -2.14. The Morgan fingerprint density at radius 1 is 1.00 bits per heavy atom. The van der Waals surface area contributed by atoms with Crippen molar-refractivity contribution in [1.82, 2.24) is 5.32 Å². The molecule has 0 aliphatic heterocycles. The Labute approximate surface area is 130 Å². The van der Waals surface area contributed by atoms with Crippen molar-refractivity contribution in [3.05, 3.63) is 53.6 Å². The summed E-state index contributed by atoms with van der Waals surface area (Å²) in [5.41, 5.74) is 2.72. The lowest BCUT2D eigenvalue weighted by atomic mass is 10.1. The van der Waals surface area contributed by atoms with Gasteiger partial charge in [-0.05, 0) is 30.2 Å². The van der Waals surface area contributed by atoms with Crippen LogP contribution in [0.1, 0.15) is 11.1 Å². The second kappa shape index (κ2) is 7.36. The predicted molar refractivity (Wildman–Crippen MR) is 86.6 cm³/mol. The van der Waals surface area contributed by atoms with Gasteiger partial charge in [-0.3, -0.25) is 0 Å². The fourth-order valence-corrected chi connectivity index (χ4v) is 2.12. The molecule has 0 atom stereocenters. The number of hydrogen-bond acceptors (Lipinski definition) is 3. The lowest BCUT2D eigenvalue weighted by Crippen LogP contribution is -2.28. The number of methoxy groups -OCH3 is 2. The van der Waals surface area contributed by atoms with E-state index in [0.29, 0.717) is 23.7 Å². The Morgan fingerprint density at radius 3 is 2.23 bits per heavy atom. The van der Waals surface area contributed by atoms with Crippen LogP contribution in [0, 0.1) is 6.92 Å². The van der Waals surface area contributed by atoms with Crippen LogP contribution in [-0.2, 0) is 6.54 Å². The maximum absolute atomic E-state index is 12.1. The molecule has 2 aromatic rings. The van der Waals surface area contributed by atoms with Crippen LogP contribution >= 0.6 is 0 Å². The van der Waals surface area contributed by atoms with Crippen LogP contribution in [0.25, 0.3) is 0 Å². The highest BCUT2D eigenvalue weighted by Gasteiger charge is 2.12. The van der Waals surface area contributed by atoms with Crippen molar-refractivity contribution in [2.45, 2.75) is 13.5 Å². The van der Waals surface area contributed by atoms with Crippen molar-refractivity contribution in [3.8, 4) is 11.5 Å². The van der Waals surface area contributed by atoms with Gasteiger partial charge in [0.2, 0.25) is 0 Å². The Bertz CT molecular complexity index is 634. The zero-order chi connectivity index (χ0) is 15.9. The summed E-state index contributed by atoms with van der Waals surface area (Å²) in [6.07, 6.45) is 0. The highest BCUT2D eigenvalue weighted by Crippen LogP contribution is 2.33. The largest absolute Gasteiger partial charge is 0.494 e. The molecule has 0 saturated heterocycles. The summed E-state index contributed by atoms with van der Waals surface area (Å²) in [6, 6.07) is 12.9. The molecule has 0 heterocycles. The molecule has 0 aliphatic rings. The van der Waals surface area contributed by atoms with E-state index in [1.54, 1.807) is 32.4 Å². The minimum Gasteiger partial charge on any atom is -0.494 e. The lowest BCUT2D eigenvalue weighted by molar-refractivity contribution is 0.251. The zero-order valence-corrected chi connectivity index (χ0v) is 13.0. The number of ether oxygens (including phenoxy) is 2. The molecule has 0 aromatic heterocycles. The number of nitrogens with one attached hydrogen (secondary N) is 2. The molecule has 116 valence electrons. The minimum atomic E-state index is -0.314. The zero-order valence-electron chi connectivity index (χ0n) is 13.0. The molecule has 0 spiro atoms. The van der Waals surface area contributed by atoms with Crippen LogP contribution in [0.3, 0.4) is 0 Å². The van der Waals surface area contributed by atoms with Gasteiger partial charge in [-0.15, -0.1) is 0 Å². The van der Waals surface area contributed by atoms with Crippen molar-refractivity contribution in [1.29, 1.82) is 0 Å². The first-order valence-corrected chi connectivity index (χ1v) is 6.96. The number of aryl methyl sites for hydroxylation is 1. The van der Waals surface area contributed by atoms with Gasteiger partial charge in [0, 0.05) is 6.54 Å². The molecule has 0 aliphatic carbocycles. The average molecular weight is 300 g/mol. The van der Waals surface area contributed by atoms with E-state index >= 15 is 0 Å². The number of carbonyl (C=O) groups excluding carboxylic acids is 1. The van der Waals surface area contributed by atoms with Gasteiger partial charge in [0.25, 0.3) is 0 Å². The summed E-state index contributed by atoms with van der Waals surface area (Å²) in [5, 5.41) is 5.60. The third kappa shape index (κ3) is 3.69. The number of benzene rings is 2. The van der Waals surface area contributed by atoms with E-state index in [-0.39, 0.29) is 6.03 Å². The summed E-state index contributed by atoms with van der Waals surface area (Å²) < 4.78 is 10.5. The van der Waals surface area contributed by atoms with E-state index < -0.39 is 0 Å². The summed E-state index contributed by atoms with van der Waals surface area (Å²) in [7, 11) is 3.09. The van der Waals surface area contributed by atoms with Gasteiger partial charge >= 0.3 is 6.03 Å². The molecule has 2 aromatic carbocycles. The smallest absolute Gasteiger partial charge is 0.319 e. The number of anilines is 1. The van der Waals surface area contributed by atoms with E-state index in [0.717, 1.165) is 11.1 Å². The van der Waals surface area contributed by atoms with Crippen LogP contribution < -0.4 is 20.1 Å². The standard InChI is InChI=1S/C17H20N2O3/c1-12-7-4-5-8-13(12)11-18-17(20)19-16-14(21-2)9-6-10-15(16)22-3/h4-10H,11H2,1-3H3,(H2,18,19,20). The fourth-order valence-electron chi connectivity index (χ4n) is 2.12. The number of hydrogen-bond donors (Lipinski definition) is 2. The topological polar surface area (TPSA) is 59.6 Å². The van der Waals surface area contributed by atoms with Gasteiger partial charge in [-0.2, -0.15) is 0 Å². The van der Waals surface area contributed by atoms with Crippen molar-refractivity contribution in [3.63, 3.8) is 0 Å². The number of urea groups is 1. The SMILES string of the molecule is COc1cccc(OC)c1NC(=O)NCc1ccccc1C. The van der Waals surface area contributed by atoms with E-state index in [2.05, 4.69) is 10.6 Å². The van der Waals surface area contributed by atoms with Crippen LogP contribution in [0.5, 0.6) is 11.5 Å². The van der Waals surface area contributed by atoms with E-state index in [4.69, 9.17) is 9.47 Å². The number of para-hydroxylation sites is 1. The number of amides is 2. The van der Waals surface area contributed by atoms with Crippen LogP contribution in [0.2, 0.25) is 0 Å². The summed E-state index contributed by atoms with van der Waals surface area (Å²) >= 11 is 0. The second-order valence-corrected chi connectivity index (χ2v) is 4.77. The van der Waals surface area contributed by atoms with E-state index in [1.807, 2.05) is 31.2 Å². The maximum atomic E-state index is 12.1. The molecule has 0 unspecified atom stereocenters. The molecule has 5 heteroatoms. The Kier molecular flexibility index (Phi) is 5.25. The Balaban J connectivity index is 2.05. The summed E-state index contributed by atoms with van der Waals surface area (Å²) in [5.74, 6) is 1.09. The molecule has 5 nitrogen and oxygen atoms in total. The van der Waals surface area contributed by atoms with E-state index in [1.165, 1.54) is 0 Å². The third-order valence-electron chi connectivity index (χ3n) is 3.37. The van der Waals surface area contributed by atoms with Gasteiger partial charge in [0.1, 0.15) is 17.2 Å². The van der Waals surface area contributed by atoms with Crippen molar-refractivity contribution in [2.75, 3.05) is 19.5 Å². The van der Waals surface area contributed by atoms with Gasteiger partial charge in [0.05, 0.1) is 14.2 Å². The highest BCUT2D eigenvalue weighted by molar-refractivity contribution is 5.92. The molecule has 2 amide bonds. The monoisotopic (exact) mass is 300 g/mol. The summed E-state index contributed by atoms with van der Waals surface area (Å²) in [4.78, 5) is 12.1. The fraction of sp³-hybridized carbons (Fsp3) is 0.235. The predicted octanol–water partition coefficient (Wildman–Crippen LogP) is 3.33. The van der Waals surface area contributed by atoms with Gasteiger partial charge in [0.15, 0.2) is 0 Å². The first-order valence-electron chi connectivity index (χ1n) is 6.96. The molecule has 0 saturated carbocycles. The molecule has 0 radical (unpaired) electrons. The van der Waals surface area contributed by atoms with Crippen molar-refractivity contribution in [2.24, 2.45) is 0 Å². The van der Waals surface area contributed by atoms with Gasteiger partial charge in [-0.1, -0.05) is 30.3 Å². The van der Waals surface area contributed by atoms with Crippen LogP contribution in [0.15, 0.2) is 42.5 Å². The number of rotatable bonds is 5. The maximum Gasteiger partial charge on any atom is 0.319 e. The van der Waals surface area contributed by atoms with Crippen LogP contribution in [0.4, 0.5) is 10.5 Å². The number of carbonyl (C=O) groups is 1. The third-order valence-corrected chi connectivity index (χ3v) is 3.37. The molecule has 2 rings (SSSR count). The average Bonchev–Trinajstić information content (AvgIpc) is 2.54. The molecule has 0 bridgehead atoms. The van der Waals surface area contributed by atoms with Gasteiger partial charge in [-0.25, -0.2) is 4.79 Å². The van der Waals surface area contributed by atoms with Crippen molar-refractivity contribution < 1.29 is 14.3 Å². The first kappa shape index (κ1) is 15.7. The normalized spacial score (nSPS) is 9.95. The molecular weight excluding hydrogens is 280 g/mol.